The van der Waals surface area contributed by atoms with Crippen molar-refractivity contribution in [2.75, 3.05) is 0 Å². The molecule has 0 radical (unpaired) electrons. The lowest BCUT2D eigenvalue weighted by atomic mass is 10.1. The highest BCUT2D eigenvalue weighted by molar-refractivity contribution is 7.13. The SMILES string of the molecule is CCCCCCc1ccc(C(=O)O)s1.CCCCCCc1cccs1. The molecule has 2 rings (SSSR count). The number of hydrogen-bond donors (Lipinski definition) is 1. The van der Waals surface area contributed by atoms with E-state index in [4.69, 9.17) is 5.11 Å². The first kappa shape index (κ1) is 21.9. The molecule has 2 aromatic rings. The van der Waals surface area contributed by atoms with Crippen molar-refractivity contribution in [1.29, 1.82) is 0 Å². The van der Waals surface area contributed by atoms with Crippen LogP contribution in [0.25, 0.3) is 0 Å². The Morgan fingerprint density at radius 3 is 2.00 bits per heavy atom. The molecule has 25 heavy (non-hydrogen) atoms. The fourth-order valence-electron chi connectivity index (χ4n) is 2.53. The van der Waals surface area contributed by atoms with Crippen LogP contribution in [0.15, 0.2) is 29.6 Å². The largest absolute Gasteiger partial charge is 0.477 e. The number of carboxylic acid groups (broad SMARTS) is 1. The van der Waals surface area contributed by atoms with Crippen LogP contribution in [-0.4, -0.2) is 11.1 Å². The van der Waals surface area contributed by atoms with E-state index >= 15 is 0 Å². The molecule has 0 unspecified atom stereocenters. The van der Waals surface area contributed by atoms with E-state index in [1.54, 1.807) is 10.9 Å². The zero-order valence-electron chi connectivity index (χ0n) is 15.6. The Labute approximate surface area is 160 Å². The van der Waals surface area contributed by atoms with E-state index in [0.29, 0.717) is 4.88 Å². The van der Waals surface area contributed by atoms with Gasteiger partial charge in [0.2, 0.25) is 0 Å². The van der Waals surface area contributed by atoms with Gasteiger partial charge >= 0.3 is 5.97 Å². The smallest absolute Gasteiger partial charge is 0.345 e. The molecule has 2 nitrogen and oxygen atoms in total. The molecule has 0 saturated heterocycles. The molecule has 0 aromatic carbocycles. The van der Waals surface area contributed by atoms with Gasteiger partial charge in [-0.1, -0.05) is 58.4 Å². The van der Waals surface area contributed by atoms with E-state index in [-0.39, 0.29) is 0 Å². The van der Waals surface area contributed by atoms with Crippen molar-refractivity contribution in [1.82, 2.24) is 0 Å². The second-order valence-corrected chi connectivity index (χ2v) is 8.47. The lowest BCUT2D eigenvalue weighted by molar-refractivity contribution is 0.0702. The van der Waals surface area contributed by atoms with Crippen LogP contribution in [-0.2, 0) is 12.8 Å². The van der Waals surface area contributed by atoms with Crippen LogP contribution in [0, 0.1) is 0 Å². The Bertz CT molecular complexity index is 558. The van der Waals surface area contributed by atoms with E-state index in [1.165, 1.54) is 74.0 Å². The van der Waals surface area contributed by atoms with Crippen LogP contribution in [0.5, 0.6) is 0 Å². The van der Waals surface area contributed by atoms with Crippen molar-refractivity contribution in [2.45, 2.75) is 78.1 Å². The lowest BCUT2D eigenvalue weighted by Gasteiger charge is -1.96. The molecule has 0 saturated carbocycles. The highest BCUT2D eigenvalue weighted by Crippen LogP contribution is 2.19. The summed E-state index contributed by atoms with van der Waals surface area (Å²) in [5.74, 6) is -0.810. The zero-order chi connectivity index (χ0) is 18.3. The Balaban J connectivity index is 0.000000257. The van der Waals surface area contributed by atoms with Gasteiger partial charge in [-0.05, 0) is 49.3 Å². The fourth-order valence-corrected chi connectivity index (χ4v) is 4.17. The third-order valence-electron chi connectivity index (χ3n) is 4.01. The van der Waals surface area contributed by atoms with E-state index in [0.717, 1.165) is 6.42 Å². The monoisotopic (exact) mass is 380 g/mol. The quantitative estimate of drug-likeness (QED) is 0.411. The topological polar surface area (TPSA) is 37.3 Å². The van der Waals surface area contributed by atoms with Crippen molar-refractivity contribution < 1.29 is 9.90 Å². The van der Waals surface area contributed by atoms with Gasteiger partial charge in [0.15, 0.2) is 0 Å². The predicted molar refractivity (Wildman–Crippen MR) is 111 cm³/mol. The van der Waals surface area contributed by atoms with Crippen LogP contribution in [0.1, 0.15) is 84.6 Å². The summed E-state index contributed by atoms with van der Waals surface area (Å²) in [6.45, 7) is 4.44. The maximum Gasteiger partial charge on any atom is 0.345 e. The predicted octanol–water partition coefficient (Wildman–Crippen LogP) is 7.44. The first-order chi connectivity index (χ1) is 12.2. The third-order valence-corrected chi connectivity index (χ3v) is 6.08. The number of carbonyl (C=O) groups is 1. The minimum atomic E-state index is -0.810. The fraction of sp³-hybridized carbons (Fsp3) is 0.571. The maximum absolute atomic E-state index is 10.6. The average molecular weight is 381 g/mol. The van der Waals surface area contributed by atoms with Crippen molar-refractivity contribution in [3.63, 3.8) is 0 Å². The molecule has 140 valence electrons. The maximum atomic E-state index is 10.6. The summed E-state index contributed by atoms with van der Waals surface area (Å²) < 4.78 is 0. The van der Waals surface area contributed by atoms with Gasteiger partial charge in [-0.2, -0.15) is 0 Å². The minimum absolute atomic E-state index is 0.454. The summed E-state index contributed by atoms with van der Waals surface area (Å²) in [6.07, 6.45) is 12.8. The van der Waals surface area contributed by atoms with Gasteiger partial charge in [0.25, 0.3) is 0 Å². The van der Waals surface area contributed by atoms with Gasteiger partial charge in [0.05, 0.1) is 0 Å². The van der Waals surface area contributed by atoms with Crippen LogP contribution < -0.4 is 0 Å². The van der Waals surface area contributed by atoms with Crippen molar-refractivity contribution in [3.8, 4) is 0 Å². The summed E-state index contributed by atoms with van der Waals surface area (Å²) in [5, 5.41) is 10.9. The highest BCUT2D eigenvalue weighted by Gasteiger charge is 2.06. The van der Waals surface area contributed by atoms with Gasteiger partial charge in [0.1, 0.15) is 4.88 Å². The van der Waals surface area contributed by atoms with Crippen LogP contribution in [0.4, 0.5) is 0 Å². The van der Waals surface area contributed by atoms with Gasteiger partial charge in [0, 0.05) is 9.75 Å². The van der Waals surface area contributed by atoms with Crippen molar-refractivity contribution in [3.05, 3.63) is 44.3 Å². The lowest BCUT2D eigenvalue weighted by Crippen LogP contribution is -1.89. The van der Waals surface area contributed by atoms with Crippen LogP contribution >= 0.6 is 22.7 Å². The number of unbranched alkanes of at least 4 members (excludes halogenated alkanes) is 6. The molecule has 0 atom stereocenters. The molecule has 0 bridgehead atoms. The Hall–Kier alpha value is -1.13. The average Bonchev–Trinajstić information content (AvgIpc) is 3.28. The Morgan fingerprint density at radius 2 is 1.52 bits per heavy atom. The first-order valence-corrected chi connectivity index (χ1v) is 11.2. The van der Waals surface area contributed by atoms with Gasteiger partial charge in [-0.3, -0.25) is 0 Å². The second-order valence-electron chi connectivity index (χ2n) is 6.27. The summed E-state index contributed by atoms with van der Waals surface area (Å²) in [6, 6.07) is 8.00. The standard InChI is InChI=1S/C11H16O2S.C10H16S/c1-2-3-4-5-6-9-7-8-10(14-9)11(12)13;1-2-3-4-5-7-10-8-6-9-11-10/h7-8H,2-6H2,1H3,(H,12,13);6,8-9H,2-5,7H2,1H3. The molecule has 0 aliphatic carbocycles. The van der Waals surface area contributed by atoms with Crippen LogP contribution in [0.3, 0.4) is 0 Å². The van der Waals surface area contributed by atoms with Gasteiger partial charge in [-0.15, -0.1) is 22.7 Å². The van der Waals surface area contributed by atoms with Gasteiger partial charge < -0.3 is 5.11 Å². The number of aryl methyl sites for hydroxylation is 2. The molecule has 0 spiro atoms. The number of thiophene rings is 2. The molecule has 0 aliphatic heterocycles. The molecule has 2 aromatic heterocycles. The summed E-state index contributed by atoms with van der Waals surface area (Å²) >= 11 is 3.28. The summed E-state index contributed by atoms with van der Waals surface area (Å²) in [5.41, 5.74) is 0. The Kier molecular flexibility index (Phi) is 12.3. The van der Waals surface area contributed by atoms with Crippen molar-refractivity contribution >= 4 is 28.6 Å². The third kappa shape index (κ3) is 10.5. The first-order valence-electron chi connectivity index (χ1n) is 9.51. The molecule has 1 N–H and O–H groups in total. The van der Waals surface area contributed by atoms with Gasteiger partial charge in [-0.25, -0.2) is 4.79 Å². The Morgan fingerprint density at radius 1 is 0.880 bits per heavy atom. The molecule has 0 aliphatic rings. The number of carboxylic acids is 1. The minimum Gasteiger partial charge on any atom is -0.477 e. The van der Waals surface area contributed by atoms with E-state index in [1.807, 2.05) is 17.4 Å². The number of hydrogen-bond acceptors (Lipinski definition) is 3. The molecule has 0 fully saturated rings. The van der Waals surface area contributed by atoms with E-state index in [2.05, 4.69) is 31.4 Å². The highest BCUT2D eigenvalue weighted by atomic mass is 32.1. The van der Waals surface area contributed by atoms with Crippen LogP contribution in [0.2, 0.25) is 0 Å². The number of aromatic carboxylic acids is 1. The molecular weight excluding hydrogens is 348 g/mol. The molecule has 4 heteroatoms. The normalized spacial score (nSPS) is 10.3. The summed E-state index contributed by atoms with van der Waals surface area (Å²) in [7, 11) is 0. The van der Waals surface area contributed by atoms with Crippen molar-refractivity contribution in [2.24, 2.45) is 0 Å². The molecule has 2 heterocycles. The van der Waals surface area contributed by atoms with E-state index in [9.17, 15) is 4.79 Å². The zero-order valence-corrected chi connectivity index (χ0v) is 17.3. The molecule has 0 amide bonds. The molecular formula is C21H32O2S2. The summed E-state index contributed by atoms with van der Waals surface area (Å²) in [4.78, 5) is 13.8. The number of rotatable bonds is 11. The van der Waals surface area contributed by atoms with E-state index < -0.39 is 5.97 Å². The second kappa shape index (κ2) is 14.1.